The van der Waals surface area contributed by atoms with Crippen LogP contribution in [0.3, 0.4) is 0 Å². The van der Waals surface area contributed by atoms with Crippen molar-refractivity contribution in [3.8, 4) is 0 Å². The van der Waals surface area contributed by atoms with Crippen molar-refractivity contribution in [3.63, 3.8) is 0 Å². The molecule has 0 nitrogen and oxygen atoms in total. The van der Waals surface area contributed by atoms with E-state index in [1.165, 1.54) is 24.2 Å². The minimum atomic E-state index is -0.256. The molecule has 0 amide bonds. The van der Waals surface area contributed by atoms with Crippen molar-refractivity contribution in [2.24, 2.45) is 0 Å². The molecule has 0 saturated carbocycles. The van der Waals surface area contributed by atoms with Crippen molar-refractivity contribution in [3.05, 3.63) is 0 Å². The van der Waals surface area contributed by atoms with Gasteiger partial charge in [-0.2, -0.15) is 0 Å². The molecule has 0 heterocycles. The Bertz CT molecular complexity index is 34.6. The molecule has 0 rings (SSSR count). The van der Waals surface area contributed by atoms with Gasteiger partial charge in [-0.1, -0.05) is 0 Å². The van der Waals surface area contributed by atoms with E-state index in [0.29, 0.717) is 0 Å². The van der Waals surface area contributed by atoms with Crippen LogP contribution in [0.5, 0.6) is 0 Å². The minimum absolute atomic E-state index is 0.256. The van der Waals surface area contributed by atoms with Gasteiger partial charge in [0.2, 0.25) is 0 Å². The molecule has 0 fully saturated rings. The number of hydrogen-bond acceptors (Lipinski definition) is 0. The second-order valence-corrected chi connectivity index (χ2v) is 2.48. The van der Waals surface area contributed by atoms with Crippen molar-refractivity contribution in [2.45, 2.75) is 4.84 Å². The third-order valence-corrected chi connectivity index (χ3v) is 2.24. The molecule has 0 atom stereocenters. The molecule has 0 aliphatic rings. The predicted molar refractivity (Wildman–Crippen MR) is 21.6 cm³/mol. The summed E-state index contributed by atoms with van der Waals surface area (Å²) in [7, 11) is 0. The Morgan fingerprint density at radius 1 is 1.60 bits per heavy atom. The average Bonchev–Trinajstić information content (AvgIpc) is 1.38. The quantitative estimate of drug-likeness (QED) is 0.541. The van der Waals surface area contributed by atoms with Gasteiger partial charge in [0.05, 0.1) is 0 Å². The van der Waals surface area contributed by atoms with E-state index in [4.69, 9.17) is 23.2 Å². The predicted octanol–water partition coefficient (Wildman–Crippen LogP) is 1.14. The average molecular weight is 188 g/mol. The van der Waals surface area contributed by atoms with Crippen molar-refractivity contribution in [2.75, 3.05) is 0 Å². The molecular formula is C2H2Cl2Zr+2. The van der Waals surface area contributed by atoms with Crippen LogP contribution in [0, 0.1) is 0 Å². The Labute approximate surface area is 55.8 Å². The molecule has 0 aliphatic heterocycles. The molecule has 0 aromatic heterocycles. The zero-order valence-corrected chi connectivity index (χ0v) is 6.38. The summed E-state index contributed by atoms with van der Waals surface area (Å²) in [6, 6.07) is 0. The van der Waals surface area contributed by atoms with Gasteiger partial charge < -0.3 is 0 Å². The van der Waals surface area contributed by atoms with Gasteiger partial charge in [0.1, 0.15) is 0 Å². The van der Waals surface area contributed by atoms with Crippen molar-refractivity contribution in [1.29, 1.82) is 0 Å². The van der Waals surface area contributed by atoms with Gasteiger partial charge in [0.25, 0.3) is 0 Å². The molecule has 0 spiro atoms. The summed E-state index contributed by atoms with van der Waals surface area (Å²) in [6.45, 7) is 0. The topological polar surface area (TPSA) is 0 Å². The van der Waals surface area contributed by atoms with Crippen LogP contribution in [0.1, 0.15) is 0 Å². The molecule has 5 heavy (non-hydrogen) atoms. The van der Waals surface area contributed by atoms with E-state index >= 15 is 0 Å². The fourth-order valence-corrected chi connectivity index (χ4v) is 0. The fourth-order valence-electron chi connectivity index (χ4n) is 0. The van der Waals surface area contributed by atoms with Crippen LogP contribution in [-0.2, 0) is 24.2 Å². The zero-order chi connectivity index (χ0) is 4.28. The van der Waals surface area contributed by atoms with Gasteiger partial charge in [0.15, 0.2) is 0 Å². The molecule has 0 N–H and O–H groups in total. The van der Waals surface area contributed by atoms with Crippen LogP contribution in [0.25, 0.3) is 0 Å². The fraction of sp³-hybridized carbons (Fsp3) is 0.500. The van der Waals surface area contributed by atoms with E-state index in [-0.39, 0.29) is 4.84 Å². The van der Waals surface area contributed by atoms with Crippen LogP contribution in [-0.4, -0.2) is 8.55 Å². The zero-order valence-electron chi connectivity index (χ0n) is 2.41. The monoisotopic (exact) mass is 186 g/mol. The Hall–Kier alpha value is 1.33. The van der Waals surface area contributed by atoms with Crippen LogP contribution in [0.2, 0.25) is 0 Å². The number of alkyl halides is 2. The Balaban J connectivity index is 2.83. The SMILES string of the molecule is ClC(Cl)[CH]=[Zr+2]. The van der Waals surface area contributed by atoms with Gasteiger partial charge in [-0.3, -0.25) is 0 Å². The summed E-state index contributed by atoms with van der Waals surface area (Å²) in [6.07, 6.45) is 0. The van der Waals surface area contributed by atoms with E-state index in [2.05, 4.69) is 0 Å². The second kappa shape index (κ2) is 3.52. The van der Waals surface area contributed by atoms with Gasteiger partial charge in [0, 0.05) is 0 Å². The summed E-state index contributed by atoms with van der Waals surface area (Å²) >= 11 is 11.7. The van der Waals surface area contributed by atoms with Crippen molar-refractivity contribution < 1.29 is 24.2 Å². The standard InChI is InChI=1S/C2H2Cl2.Zr/c1-2(3)4;/h1-2H;/q;+2. The first-order valence-electron chi connectivity index (χ1n) is 1.06. The first-order valence-corrected chi connectivity index (χ1v) is 3.35. The first-order chi connectivity index (χ1) is 2.27. The number of hydrogen-bond donors (Lipinski definition) is 0. The maximum absolute atomic E-state index is 5.19. The molecular weight excluding hydrogens is 186 g/mol. The maximum atomic E-state index is 5.19. The molecule has 26 valence electrons. The normalized spacial score (nSPS) is 9.00. The third kappa shape index (κ3) is 5.33. The van der Waals surface area contributed by atoms with Crippen LogP contribution < -0.4 is 0 Å². The van der Waals surface area contributed by atoms with Crippen LogP contribution in [0.15, 0.2) is 0 Å². The molecule has 3 heteroatoms. The van der Waals surface area contributed by atoms with Crippen molar-refractivity contribution >= 4 is 26.9 Å². The molecule has 0 saturated heterocycles. The van der Waals surface area contributed by atoms with E-state index in [0.717, 1.165) is 0 Å². The Morgan fingerprint density at radius 3 is 1.80 bits per heavy atom. The van der Waals surface area contributed by atoms with E-state index < -0.39 is 0 Å². The first kappa shape index (κ1) is 6.33. The summed E-state index contributed by atoms with van der Waals surface area (Å²) in [5.74, 6) is 0. The molecule has 0 aromatic rings. The molecule has 0 aliphatic carbocycles. The van der Waals surface area contributed by atoms with Crippen molar-refractivity contribution in [1.82, 2.24) is 0 Å². The summed E-state index contributed by atoms with van der Waals surface area (Å²) in [5.41, 5.74) is 0. The molecule has 0 radical (unpaired) electrons. The molecule has 0 bridgehead atoms. The van der Waals surface area contributed by atoms with E-state index in [1.54, 1.807) is 3.71 Å². The van der Waals surface area contributed by atoms with Crippen LogP contribution >= 0.6 is 23.2 Å². The van der Waals surface area contributed by atoms with Gasteiger partial charge in [-0.05, 0) is 0 Å². The summed E-state index contributed by atoms with van der Waals surface area (Å²) in [5, 5.41) is 0. The van der Waals surface area contributed by atoms with E-state index in [1.807, 2.05) is 0 Å². The summed E-state index contributed by atoms with van der Waals surface area (Å²) < 4.78 is 1.79. The molecule has 0 unspecified atom stereocenters. The van der Waals surface area contributed by atoms with Crippen LogP contribution in [0.4, 0.5) is 0 Å². The Morgan fingerprint density at radius 2 is 1.80 bits per heavy atom. The van der Waals surface area contributed by atoms with Gasteiger partial charge in [-0.15, -0.1) is 0 Å². The van der Waals surface area contributed by atoms with E-state index in [9.17, 15) is 0 Å². The number of rotatable bonds is 1. The third-order valence-electron chi connectivity index (χ3n) is 0.126. The van der Waals surface area contributed by atoms with Gasteiger partial charge in [-0.25, -0.2) is 0 Å². The Kier molecular flexibility index (Phi) is 4.46. The number of halogens is 2. The second-order valence-electron chi connectivity index (χ2n) is 0.501. The van der Waals surface area contributed by atoms with Gasteiger partial charge >= 0.3 is 56.0 Å². The summed E-state index contributed by atoms with van der Waals surface area (Å²) in [4.78, 5) is -0.256. The molecule has 0 aromatic carbocycles.